The molecule has 1 heterocycles. The van der Waals surface area contributed by atoms with Gasteiger partial charge in [-0.25, -0.2) is 9.59 Å². The molecule has 0 aromatic heterocycles. The maximum Gasteiger partial charge on any atom is 0.326 e. The fraction of sp³-hybridized carbons (Fsp3) is 0.714. The van der Waals surface area contributed by atoms with Crippen LogP contribution in [0.15, 0.2) is 12.2 Å². The number of aliphatic carboxylic acids is 1. The van der Waals surface area contributed by atoms with Gasteiger partial charge in [-0.1, -0.05) is 25.0 Å². The fourth-order valence-electron chi connectivity index (χ4n) is 2.19. The normalized spacial score (nSPS) is 19.2. The molecule has 1 aliphatic rings. The van der Waals surface area contributed by atoms with Crippen LogP contribution in [0.3, 0.4) is 0 Å². The van der Waals surface area contributed by atoms with Crippen LogP contribution in [0.5, 0.6) is 0 Å². The first-order chi connectivity index (χ1) is 9.52. The summed E-state index contributed by atoms with van der Waals surface area (Å²) in [5.41, 5.74) is 0.926. The minimum absolute atomic E-state index is 0.321. The monoisotopic (exact) mass is 284 g/mol. The number of amides is 2. The van der Waals surface area contributed by atoms with E-state index < -0.39 is 12.0 Å². The van der Waals surface area contributed by atoms with Gasteiger partial charge in [0.2, 0.25) is 0 Å². The van der Waals surface area contributed by atoms with Crippen molar-refractivity contribution in [3.05, 3.63) is 12.2 Å². The molecule has 6 nitrogen and oxygen atoms in total. The number of carbonyl (C=O) groups excluding carboxylic acids is 1. The summed E-state index contributed by atoms with van der Waals surface area (Å²) in [6.07, 6.45) is 3.19. The predicted molar refractivity (Wildman–Crippen MR) is 75.6 cm³/mol. The molecule has 6 heteroatoms. The van der Waals surface area contributed by atoms with Gasteiger partial charge in [0.1, 0.15) is 6.04 Å². The van der Waals surface area contributed by atoms with E-state index in [1.807, 2.05) is 6.92 Å². The van der Waals surface area contributed by atoms with Crippen molar-refractivity contribution in [3.8, 4) is 0 Å². The van der Waals surface area contributed by atoms with Crippen LogP contribution in [0.2, 0.25) is 0 Å². The SMILES string of the molecule is C=C(C)COCCNC(=O)N1CCCCCC1C(=O)O. The third-order valence-electron chi connectivity index (χ3n) is 3.17. The Balaban J connectivity index is 2.38. The Labute approximate surface area is 119 Å². The second-order valence-corrected chi connectivity index (χ2v) is 5.14. The number of nitrogens with one attached hydrogen (secondary N) is 1. The number of hydrogen-bond donors (Lipinski definition) is 2. The highest BCUT2D eigenvalue weighted by molar-refractivity contribution is 5.82. The van der Waals surface area contributed by atoms with Crippen LogP contribution in [0.25, 0.3) is 0 Å². The maximum absolute atomic E-state index is 12.0. The Kier molecular flexibility index (Phi) is 7.08. The van der Waals surface area contributed by atoms with Gasteiger partial charge in [0.15, 0.2) is 0 Å². The summed E-state index contributed by atoms with van der Waals surface area (Å²) in [4.78, 5) is 24.7. The highest BCUT2D eigenvalue weighted by Crippen LogP contribution is 2.17. The summed E-state index contributed by atoms with van der Waals surface area (Å²) in [6.45, 7) is 7.31. The van der Waals surface area contributed by atoms with E-state index in [-0.39, 0.29) is 6.03 Å². The van der Waals surface area contributed by atoms with E-state index in [0.717, 1.165) is 24.8 Å². The molecule has 0 saturated carbocycles. The van der Waals surface area contributed by atoms with Crippen molar-refractivity contribution in [3.63, 3.8) is 0 Å². The third-order valence-corrected chi connectivity index (χ3v) is 3.17. The van der Waals surface area contributed by atoms with Crippen molar-refractivity contribution < 1.29 is 19.4 Å². The molecule has 0 aromatic carbocycles. The zero-order valence-corrected chi connectivity index (χ0v) is 12.1. The van der Waals surface area contributed by atoms with Crippen molar-refractivity contribution in [2.45, 2.75) is 38.6 Å². The largest absolute Gasteiger partial charge is 0.480 e. The maximum atomic E-state index is 12.0. The number of hydrogen-bond acceptors (Lipinski definition) is 3. The molecule has 1 aliphatic heterocycles. The van der Waals surface area contributed by atoms with E-state index in [0.29, 0.717) is 32.7 Å². The highest BCUT2D eigenvalue weighted by Gasteiger charge is 2.30. The van der Waals surface area contributed by atoms with Crippen LogP contribution < -0.4 is 5.32 Å². The van der Waals surface area contributed by atoms with Crippen molar-refractivity contribution in [2.24, 2.45) is 0 Å². The second-order valence-electron chi connectivity index (χ2n) is 5.14. The molecular weight excluding hydrogens is 260 g/mol. The van der Waals surface area contributed by atoms with Crippen molar-refractivity contribution >= 4 is 12.0 Å². The van der Waals surface area contributed by atoms with Crippen molar-refractivity contribution in [2.75, 3.05) is 26.3 Å². The van der Waals surface area contributed by atoms with Crippen molar-refractivity contribution in [1.82, 2.24) is 10.2 Å². The first kappa shape index (κ1) is 16.5. The van der Waals surface area contributed by atoms with Gasteiger partial charge in [-0.2, -0.15) is 0 Å². The summed E-state index contributed by atoms with van der Waals surface area (Å²) in [6, 6.07) is -1.04. The summed E-state index contributed by atoms with van der Waals surface area (Å²) < 4.78 is 5.28. The molecule has 0 aliphatic carbocycles. The molecule has 0 radical (unpaired) electrons. The molecule has 1 rings (SSSR count). The van der Waals surface area contributed by atoms with Crippen LogP contribution in [-0.2, 0) is 9.53 Å². The fourth-order valence-corrected chi connectivity index (χ4v) is 2.19. The molecule has 0 bridgehead atoms. The first-order valence-corrected chi connectivity index (χ1v) is 7.01. The second kappa shape index (κ2) is 8.58. The van der Waals surface area contributed by atoms with E-state index in [1.165, 1.54) is 4.90 Å². The molecule has 2 amide bonds. The molecule has 0 aromatic rings. The summed E-state index contributed by atoms with van der Waals surface area (Å²) in [5.74, 6) is -0.930. The lowest BCUT2D eigenvalue weighted by molar-refractivity contribution is -0.142. The van der Waals surface area contributed by atoms with Gasteiger partial charge < -0.3 is 20.1 Å². The van der Waals surface area contributed by atoms with Crippen LogP contribution in [0.4, 0.5) is 4.79 Å². The Hall–Kier alpha value is -1.56. The number of rotatable bonds is 6. The van der Waals surface area contributed by atoms with E-state index in [2.05, 4.69) is 11.9 Å². The number of likely N-dealkylation sites (tertiary alicyclic amines) is 1. The minimum Gasteiger partial charge on any atom is -0.480 e. The molecule has 0 spiro atoms. The average molecular weight is 284 g/mol. The van der Waals surface area contributed by atoms with Gasteiger partial charge in [-0.3, -0.25) is 0 Å². The quantitative estimate of drug-likeness (QED) is 0.574. The topological polar surface area (TPSA) is 78.9 Å². The zero-order chi connectivity index (χ0) is 15.0. The Morgan fingerprint density at radius 1 is 1.40 bits per heavy atom. The molecule has 1 atom stereocenters. The first-order valence-electron chi connectivity index (χ1n) is 7.01. The van der Waals surface area contributed by atoms with Crippen LogP contribution >= 0.6 is 0 Å². The minimum atomic E-state index is -0.930. The van der Waals surface area contributed by atoms with Crippen LogP contribution in [-0.4, -0.2) is 54.4 Å². The molecule has 1 unspecified atom stereocenters. The van der Waals surface area contributed by atoms with E-state index in [4.69, 9.17) is 4.74 Å². The Morgan fingerprint density at radius 2 is 2.15 bits per heavy atom. The lowest BCUT2D eigenvalue weighted by atomic mass is 10.1. The average Bonchev–Trinajstić information content (AvgIpc) is 2.63. The summed E-state index contributed by atoms with van der Waals surface area (Å²) in [7, 11) is 0. The van der Waals surface area contributed by atoms with Crippen molar-refractivity contribution in [1.29, 1.82) is 0 Å². The predicted octanol–water partition coefficient (Wildman–Crippen LogP) is 1.62. The van der Waals surface area contributed by atoms with Gasteiger partial charge >= 0.3 is 12.0 Å². The Morgan fingerprint density at radius 3 is 2.80 bits per heavy atom. The Bertz CT molecular complexity index is 357. The van der Waals surface area contributed by atoms with Crippen LogP contribution in [0.1, 0.15) is 32.6 Å². The van der Waals surface area contributed by atoms with Gasteiger partial charge in [-0.05, 0) is 19.8 Å². The van der Waals surface area contributed by atoms with Gasteiger partial charge in [0.05, 0.1) is 13.2 Å². The molecule has 20 heavy (non-hydrogen) atoms. The standard InChI is InChI=1S/C14H24N2O4/c1-11(2)10-20-9-7-15-14(19)16-8-5-3-4-6-12(16)13(17)18/h12H,1,3-10H2,2H3,(H,15,19)(H,17,18). The van der Waals surface area contributed by atoms with E-state index in [1.54, 1.807) is 0 Å². The van der Waals surface area contributed by atoms with Gasteiger partial charge in [0.25, 0.3) is 0 Å². The molecular formula is C14H24N2O4. The number of urea groups is 1. The van der Waals surface area contributed by atoms with E-state index in [9.17, 15) is 14.7 Å². The van der Waals surface area contributed by atoms with Gasteiger partial charge in [0, 0.05) is 13.1 Å². The number of carboxylic acids is 1. The molecule has 1 saturated heterocycles. The van der Waals surface area contributed by atoms with Crippen LogP contribution in [0, 0.1) is 0 Å². The summed E-state index contributed by atoms with van der Waals surface area (Å²) >= 11 is 0. The third kappa shape index (κ3) is 5.61. The van der Waals surface area contributed by atoms with Gasteiger partial charge in [-0.15, -0.1) is 0 Å². The zero-order valence-electron chi connectivity index (χ0n) is 12.1. The summed E-state index contributed by atoms with van der Waals surface area (Å²) in [5, 5.41) is 11.9. The lowest BCUT2D eigenvalue weighted by Crippen LogP contribution is -2.49. The lowest BCUT2D eigenvalue weighted by Gasteiger charge is -2.27. The van der Waals surface area contributed by atoms with E-state index >= 15 is 0 Å². The molecule has 2 N–H and O–H groups in total. The highest BCUT2D eigenvalue weighted by atomic mass is 16.5. The number of ether oxygens (including phenoxy) is 1. The molecule has 114 valence electrons. The molecule has 1 fully saturated rings. The number of nitrogens with zero attached hydrogens (tertiary/aromatic N) is 1. The number of carbonyl (C=O) groups is 2. The smallest absolute Gasteiger partial charge is 0.326 e. The number of carboxylic acid groups (broad SMARTS) is 1.